The zero-order chi connectivity index (χ0) is 13.3. The van der Waals surface area contributed by atoms with Crippen LogP contribution < -0.4 is 0 Å². The maximum Gasteiger partial charge on any atom is 0.0540 e. The second kappa shape index (κ2) is 9.31. The van der Waals surface area contributed by atoms with Crippen LogP contribution in [0.3, 0.4) is 0 Å². The molecule has 1 heteroatoms. The van der Waals surface area contributed by atoms with Crippen molar-refractivity contribution in [3.63, 3.8) is 0 Å². The van der Waals surface area contributed by atoms with Gasteiger partial charge in [0.25, 0.3) is 0 Å². The van der Waals surface area contributed by atoms with Crippen molar-refractivity contribution >= 4 is 0 Å². The molecule has 1 nitrogen and oxygen atoms in total. The van der Waals surface area contributed by atoms with Gasteiger partial charge in [-0.1, -0.05) is 39.3 Å². The first-order chi connectivity index (χ1) is 8.14. The highest BCUT2D eigenvalue weighted by molar-refractivity contribution is 5.04. The van der Waals surface area contributed by atoms with Crippen LogP contribution in [0.25, 0.3) is 0 Å². The lowest BCUT2D eigenvalue weighted by Crippen LogP contribution is -2.24. The first-order valence-electron chi connectivity index (χ1n) is 6.91. The van der Waals surface area contributed by atoms with Crippen molar-refractivity contribution < 1.29 is 5.11 Å². The Morgan fingerprint density at radius 1 is 1.18 bits per heavy atom. The fourth-order valence-electron chi connectivity index (χ4n) is 2.46. The molecule has 0 radical (unpaired) electrons. The molecule has 0 aromatic heterocycles. The van der Waals surface area contributed by atoms with E-state index in [4.69, 9.17) is 6.42 Å². The zero-order valence-electron chi connectivity index (χ0n) is 11.8. The highest BCUT2D eigenvalue weighted by Crippen LogP contribution is 2.31. The van der Waals surface area contributed by atoms with E-state index in [9.17, 15) is 5.11 Å². The Morgan fingerprint density at radius 2 is 1.82 bits per heavy atom. The van der Waals surface area contributed by atoms with E-state index in [0.29, 0.717) is 17.8 Å². The van der Waals surface area contributed by atoms with Gasteiger partial charge in [-0.2, -0.15) is 0 Å². The third kappa shape index (κ3) is 5.41. The van der Waals surface area contributed by atoms with Crippen LogP contribution in [0.4, 0.5) is 0 Å². The van der Waals surface area contributed by atoms with Gasteiger partial charge in [0.05, 0.1) is 6.10 Å². The van der Waals surface area contributed by atoms with Crippen LogP contribution in [-0.2, 0) is 0 Å². The Labute approximate surface area is 107 Å². The molecular weight excluding hydrogens is 208 g/mol. The second-order valence-corrected chi connectivity index (χ2v) is 4.75. The molecule has 0 saturated carbocycles. The van der Waals surface area contributed by atoms with Gasteiger partial charge in [0, 0.05) is 5.92 Å². The van der Waals surface area contributed by atoms with Crippen LogP contribution in [0.5, 0.6) is 0 Å². The maximum atomic E-state index is 9.83. The predicted molar refractivity (Wildman–Crippen MR) is 75.6 cm³/mol. The molecule has 0 saturated heterocycles. The normalized spacial score (nSPS) is 18.6. The topological polar surface area (TPSA) is 20.2 Å². The molecule has 0 aliphatic heterocycles. The molecule has 17 heavy (non-hydrogen) atoms. The average molecular weight is 236 g/mol. The van der Waals surface area contributed by atoms with E-state index in [1.165, 1.54) is 0 Å². The zero-order valence-corrected chi connectivity index (χ0v) is 11.8. The highest BCUT2D eigenvalue weighted by atomic mass is 16.3. The number of aliphatic hydroxyl groups is 1. The molecular formula is C16H28O. The summed E-state index contributed by atoms with van der Waals surface area (Å²) in [4.78, 5) is 0. The summed E-state index contributed by atoms with van der Waals surface area (Å²) in [5, 5.41) is 9.83. The Morgan fingerprint density at radius 3 is 2.18 bits per heavy atom. The Balaban J connectivity index is 4.80. The van der Waals surface area contributed by atoms with E-state index in [0.717, 1.165) is 25.7 Å². The number of rotatable bonds is 8. The molecule has 0 amide bonds. The Hall–Kier alpha value is -0.740. The number of allylic oxidation sites excluding steroid dienone is 2. The summed E-state index contributed by atoms with van der Waals surface area (Å²) in [5.74, 6) is 4.09. The van der Waals surface area contributed by atoms with Gasteiger partial charge in [-0.05, 0) is 38.0 Å². The van der Waals surface area contributed by atoms with E-state index < -0.39 is 0 Å². The van der Waals surface area contributed by atoms with Crippen LogP contribution >= 0.6 is 0 Å². The van der Waals surface area contributed by atoms with Crippen molar-refractivity contribution in [3.8, 4) is 12.3 Å². The van der Waals surface area contributed by atoms with Crippen LogP contribution in [0, 0.1) is 30.1 Å². The van der Waals surface area contributed by atoms with E-state index in [-0.39, 0.29) is 6.10 Å². The quantitative estimate of drug-likeness (QED) is 0.498. The first kappa shape index (κ1) is 16.3. The van der Waals surface area contributed by atoms with Crippen molar-refractivity contribution in [3.05, 3.63) is 12.2 Å². The first-order valence-corrected chi connectivity index (χ1v) is 6.91. The van der Waals surface area contributed by atoms with E-state index in [1.54, 1.807) is 0 Å². The van der Waals surface area contributed by atoms with Crippen LogP contribution in [-0.4, -0.2) is 11.2 Å². The molecule has 0 aliphatic carbocycles. The standard InChI is InChI=1S/C16H28O/c1-6-11-16(13(7-2)8-3)14(9-4)12-15(17)10-5/h2,6,11,13-17H,8-10,12H2,1,3-5H3. The molecule has 0 rings (SSSR count). The van der Waals surface area contributed by atoms with Crippen molar-refractivity contribution in [1.29, 1.82) is 0 Å². The lowest BCUT2D eigenvalue weighted by Gasteiger charge is -2.29. The van der Waals surface area contributed by atoms with Gasteiger partial charge in [-0.15, -0.1) is 12.3 Å². The number of hydrogen-bond acceptors (Lipinski definition) is 1. The fraction of sp³-hybridized carbons (Fsp3) is 0.750. The largest absolute Gasteiger partial charge is 0.393 e. The number of hydrogen-bond donors (Lipinski definition) is 1. The Kier molecular flexibility index (Phi) is 8.90. The van der Waals surface area contributed by atoms with Crippen molar-refractivity contribution in [2.45, 2.75) is 59.5 Å². The SMILES string of the molecule is C#CC(CC)C(C=CC)C(CC)CC(O)CC. The monoisotopic (exact) mass is 236 g/mol. The third-order valence-electron chi connectivity index (χ3n) is 3.65. The molecule has 0 bridgehead atoms. The van der Waals surface area contributed by atoms with E-state index in [2.05, 4.69) is 31.9 Å². The summed E-state index contributed by atoms with van der Waals surface area (Å²) < 4.78 is 0. The minimum absolute atomic E-state index is 0.192. The smallest absolute Gasteiger partial charge is 0.0540 e. The molecule has 0 aliphatic rings. The molecule has 0 aromatic carbocycles. The van der Waals surface area contributed by atoms with Crippen LogP contribution in [0.2, 0.25) is 0 Å². The van der Waals surface area contributed by atoms with Crippen molar-refractivity contribution in [2.75, 3.05) is 0 Å². The summed E-state index contributed by atoms with van der Waals surface area (Å²) in [6.07, 6.45) is 13.5. The van der Waals surface area contributed by atoms with Gasteiger partial charge in [0.15, 0.2) is 0 Å². The lowest BCUT2D eigenvalue weighted by molar-refractivity contribution is 0.118. The van der Waals surface area contributed by atoms with Gasteiger partial charge < -0.3 is 5.11 Å². The van der Waals surface area contributed by atoms with Crippen molar-refractivity contribution in [2.24, 2.45) is 17.8 Å². The van der Waals surface area contributed by atoms with Gasteiger partial charge in [0.2, 0.25) is 0 Å². The Bertz CT molecular complexity index is 249. The molecule has 4 atom stereocenters. The summed E-state index contributed by atoms with van der Waals surface area (Å²) in [6, 6.07) is 0. The molecule has 4 unspecified atom stereocenters. The number of terminal acetylenes is 1. The van der Waals surface area contributed by atoms with Gasteiger partial charge >= 0.3 is 0 Å². The minimum atomic E-state index is -0.192. The highest BCUT2D eigenvalue weighted by Gasteiger charge is 2.25. The summed E-state index contributed by atoms with van der Waals surface area (Å²) in [7, 11) is 0. The summed E-state index contributed by atoms with van der Waals surface area (Å²) >= 11 is 0. The van der Waals surface area contributed by atoms with E-state index >= 15 is 0 Å². The predicted octanol–water partition coefficient (Wildman–Crippen LogP) is 4.03. The maximum absolute atomic E-state index is 9.83. The fourth-order valence-corrected chi connectivity index (χ4v) is 2.46. The molecule has 0 heterocycles. The van der Waals surface area contributed by atoms with Crippen LogP contribution in [0.1, 0.15) is 53.4 Å². The molecule has 98 valence electrons. The lowest BCUT2D eigenvalue weighted by atomic mass is 9.76. The van der Waals surface area contributed by atoms with Gasteiger partial charge in [-0.3, -0.25) is 0 Å². The molecule has 0 aromatic rings. The molecule has 0 fully saturated rings. The summed E-state index contributed by atoms with van der Waals surface area (Å²) in [5.41, 5.74) is 0. The van der Waals surface area contributed by atoms with Gasteiger partial charge in [0.1, 0.15) is 0 Å². The third-order valence-corrected chi connectivity index (χ3v) is 3.65. The average Bonchev–Trinajstić information content (AvgIpc) is 2.36. The van der Waals surface area contributed by atoms with Gasteiger partial charge in [-0.25, -0.2) is 0 Å². The molecule has 1 N–H and O–H groups in total. The second-order valence-electron chi connectivity index (χ2n) is 4.75. The van der Waals surface area contributed by atoms with Crippen molar-refractivity contribution in [1.82, 2.24) is 0 Å². The summed E-state index contributed by atoms with van der Waals surface area (Å²) in [6.45, 7) is 8.40. The minimum Gasteiger partial charge on any atom is -0.393 e. The molecule has 0 spiro atoms. The number of aliphatic hydroxyl groups excluding tert-OH is 1. The van der Waals surface area contributed by atoms with E-state index in [1.807, 2.05) is 13.8 Å². The van der Waals surface area contributed by atoms with Crippen LogP contribution in [0.15, 0.2) is 12.2 Å².